The molecule has 0 atom stereocenters. The summed E-state index contributed by atoms with van der Waals surface area (Å²) in [5.74, 6) is 1.35. The number of rotatable bonds is 8. The van der Waals surface area contributed by atoms with Crippen LogP contribution < -0.4 is 18.9 Å². The zero-order chi connectivity index (χ0) is 21.5. The Kier molecular flexibility index (Phi) is 6.80. The molecule has 0 saturated heterocycles. The van der Waals surface area contributed by atoms with E-state index in [1.165, 1.54) is 14.2 Å². The highest BCUT2D eigenvalue weighted by molar-refractivity contribution is 6.08. The van der Waals surface area contributed by atoms with Gasteiger partial charge in [0.1, 0.15) is 35.2 Å². The van der Waals surface area contributed by atoms with Crippen molar-refractivity contribution in [2.75, 3.05) is 35.0 Å². The molecule has 0 fully saturated rings. The number of ether oxygens (including phenoxy) is 5. The van der Waals surface area contributed by atoms with Gasteiger partial charge in [0.05, 0.1) is 39.2 Å². The monoisotopic (exact) mass is 408 g/mol. The Hall–Kier alpha value is -3.67. The Labute approximate surface area is 175 Å². The largest absolute Gasteiger partial charge is 0.496 e. The van der Waals surface area contributed by atoms with Gasteiger partial charge in [0.2, 0.25) is 0 Å². The Morgan fingerprint density at radius 3 is 2.03 bits per heavy atom. The molecule has 0 N–H and O–H groups in total. The van der Waals surface area contributed by atoms with Crippen molar-refractivity contribution in [1.29, 1.82) is 0 Å². The van der Waals surface area contributed by atoms with Crippen molar-refractivity contribution in [3.63, 3.8) is 0 Å². The van der Waals surface area contributed by atoms with Crippen molar-refractivity contribution in [1.82, 2.24) is 0 Å². The highest BCUT2D eigenvalue weighted by Crippen LogP contribution is 2.46. The van der Waals surface area contributed by atoms with Gasteiger partial charge in [-0.25, -0.2) is 4.79 Å². The molecule has 3 rings (SSSR count). The third-order valence-corrected chi connectivity index (χ3v) is 4.63. The van der Waals surface area contributed by atoms with Crippen LogP contribution in [0.3, 0.4) is 0 Å². The first-order chi connectivity index (χ1) is 14.6. The molecule has 0 aliphatic rings. The van der Waals surface area contributed by atoms with Gasteiger partial charge in [-0.05, 0) is 29.8 Å². The minimum Gasteiger partial charge on any atom is -0.496 e. The number of carbonyl (C=O) groups excluding carboxylic acids is 1. The first-order valence-corrected chi connectivity index (χ1v) is 9.33. The second-order valence-corrected chi connectivity index (χ2v) is 6.29. The zero-order valence-corrected chi connectivity index (χ0v) is 17.4. The quantitative estimate of drug-likeness (QED) is 0.502. The van der Waals surface area contributed by atoms with Crippen molar-refractivity contribution < 1.29 is 28.5 Å². The number of hydrogen-bond donors (Lipinski definition) is 0. The summed E-state index contributed by atoms with van der Waals surface area (Å²) >= 11 is 0. The lowest BCUT2D eigenvalue weighted by Crippen LogP contribution is -2.09. The van der Waals surface area contributed by atoms with Crippen LogP contribution in [-0.4, -0.2) is 41.0 Å². The lowest BCUT2D eigenvalue weighted by atomic mass is 10.0. The van der Waals surface area contributed by atoms with Gasteiger partial charge >= 0.3 is 5.97 Å². The molecule has 0 unspecified atom stereocenters. The predicted molar refractivity (Wildman–Crippen MR) is 116 cm³/mol. The highest BCUT2D eigenvalue weighted by Gasteiger charge is 2.24. The number of benzene rings is 3. The molecule has 3 aromatic rings. The van der Waals surface area contributed by atoms with E-state index in [0.717, 1.165) is 5.56 Å². The van der Waals surface area contributed by atoms with Gasteiger partial charge in [0.15, 0.2) is 0 Å². The molecule has 0 heterocycles. The van der Waals surface area contributed by atoms with Crippen LogP contribution in [-0.2, 0) is 4.74 Å². The molecule has 30 heavy (non-hydrogen) atoms. The minimum absolute atomic E-state index is 0.118. The van der Waals surface area contributed by atoms with Gasteiger partial charge in [0, 0.05) is 0 Å². The van der Waals surface area contributed by atoms with E-state index in [0.29, 0.717) is 33.8 Å². The third-order valence-electron chi connectivity index (χ3n) is 4.63. The number of carbonyl (C=O) groups is 1. The first-order valence-electron chi connectivity index (χ1n) is 9.33. The van der Waals surface area contributed by atoms with Gasteiger partial charge in [-0.15, -0.1) is 0 Å². The summed E-state index contributed by atoms with van der Waals surface area (Å²) in [6.07, 6.45) is 3.67. The fraction of sp³-hybridized carbons (Fsp3) is 0.208. The summed E-state index contributed by atoms with van der Waals surface area (Å²) in [5, 5.41) is 1.22. The lowest BCUT2D eigenvalue weighted by molar-refractivity contribution is 0.0546. The van der Waals surface area contributed by atoms with Crippen molar-refractivity contribution >= 4 is 22.8 Å². The van der Waals surface area contributed by atoms with E-state index in [4.69, 9.17) is 23.7 Å². The number of methoxy groups -OCH3 is 4. The first kappa shape index (κ1) is 21.0. The normalized spacial score (nSPS) is 10.8. The Morgan fingerprint density at radius 2 is 1.43 bits per heavy atom. The molecule has 0 amide bonds. The summed E-state index contributed by atoms with van der Waals surface area (Å²) in [6, 6.07) is 14.9. The van der Waals surface area contributed by atoms with Gasteiger partial charge in [-0.2, -0.15) is 0 Å². The summed E-state index contributed by atoms with van der Waals surface area (Å²) in [4.78, 5) is 12.8. The highest BCUT2D eigenvalue weighted by atomic mass is 16.5. The van der Waals surface area contributed by atoms with Crippen LogP contribution in [0.25, 0.3) is 16.8 Å². The molecule has 156 valence electrons. The molecule has 0 radical (unpaired) electrons. The van der Waals surface area contributed by atoms with Gasteiger partial charge in [-0.3, -0.25) is 0 Å². The van der Waals surface area contributed by atoms with Crippen LogP contribution in [0.1, 0.15) is 15.9 Å². The van der Waals surface area contributed by atoms with Gasteiger partial charge < -0.3 is 23.7 Å². The van der Waals surface area contributed by atoms with E-state index in [2.05, 4.69) is 0 Å². The Bertz CT molecular complexity index is 1060. The number of hydrogen-bond acceptors (Lipinski definition) is 6. The summed E-state index contributed by atoms with van der Waals surface area (Å²) in [7, 11) is 6.13. The van der Waals surface area contributed by atoms with Crippen LogP contribution in [0.15, 0.2) is 54.6 Å². The molecular formula is C24H24O6. The van der Waals surface area contributed by atoms with E-state index < -0.39 is 5.97 Å². The maximum atomic E-state index is 12.8. The maximum absolute atomic E-state index is 12.8. The van der Waals surface area contributed by atoms with Gasteiger partial charge in [0.25, 0.3) is 0 Å². The van der Waals surface area contributed by atoms with E-state index >= 15 is 0 Å². The molecule has 0 spiro atoms. The molecule has 0 aromatic heterocycles. The van der Waals surface area contributed by atoms with Crippen LogP contribution >= 0.6 is 0 Å². The second-order valence-electron chi connectivity index (χ2n) is 6.29. The van der Waals surface area contributed by atoms with Crippen molar-refractivity contribution in [3.05, 3.63) is 65.7 Å². The molecule has 3 aromatic carbocycles. The maximum Gasteiger partial charge on any atom is 0.342 e. The predicted octanol–water partition coefficient (Wildman–Crippen LogP) is 4.74. The minimum atomic E-state index is -0.533. The fourth-order valence-electron chi connectivity index (χ4n) is 3.25. The average Bonchev–Trinajstić information content (AvgIpc) is 2.80. The molecule has 0 bridgehead atoms. The Balaban J connectivity index is 1.98. The van der Waals surface area contributed by atoms with E-state index in [1.54, 1.807) is 38.5 Å². The van der Waals surface area contributed by atoms with Crippen LogP contribution in [0, 0.1) is 0 Å². The zero-order valence-electron chi connectivity index (χ0n) is 17.4. The lowest BCUT2D eigenvalue weighted by Gasteiger charge is -2.18. The number of fused-ring (bicyclic) bond motifs is 1. The fourth-order valence-corrected chi connectivity index (χ4v) is 3.25. The van der Waals surface area contributed by atoms with Crippen LogP contribution in [0.4, 0.5) is 0 Å². The smallest absolute Gasteiger partial charge is 0.342 e. The average molecular weight is 408 g/mol. The summed E-state index contributed by atoms with van der Waals surface area (Å²) < 4.78 is 27.5. The molecule has 0 aliphatic heterocycles. The molecule has 0 saturated carbocycles. The van der Waals surface area contributed by atoms with E-state index in [9.17, 15) is 4.79 Å². The van der Waals surface area contributed by atoms with Crippen LogP contribution in [0.2, 0.25) is 0 Å². The number of esters is 1. The summed E-state index contributed by atoms with van der Waals surface area (Å²) in [6.45, 7) is 0.118. The van der Waals surface area contributed by atoms with Crippen molar-refractivity contribution in [2.24, 2.45) is 0 Å². The molecular weight excluding hydrogens is 384 g/mol. The third kappa shape index (κ3) is 4.17. The van der Waals surface area contributed by atoms with E-state index in [-0.39, 0.29) is 12.2 Å². The standard InChI is InChI=1S/C24H24O6/c1-26-18-12-13-19(27-2)22-21(18)20(28-3)15-17(23(22)29-4)24(25)30-14-8-11-16-9-6-5-7-10-16/h5-13,15H,14H2,1-4H3. The molecule has 0 aliphatic carbocycles. The topological polar surface area (TPSA) is 63.2 Å². The van der Waals surface area contributed by atoms with Gasteiger partial charge in [-0.1, -0.05) is 36.4 Å². The molecule has 6 heteroatoms. The Morgan fingerprint density at radius 1 is 0.800 bits per heavy atom. The van der Waals surface area contributed by atoms with Crippen molar-refractivity contribution in [3.8, 4) is 23.0 Å². The van der Waals surface area contributed by atoms with Crippen molar-refractivity contribution in [2.45, 2.75) is 0 Å². The summed E-state index contributed by atoms with van der Waals surface area (Å²) in [5.41, 5.74) is 1.26. The van der Waals surface area contributed by atoms with E-state index in [1.807, 2.05) is 36.4 Å². The van der Waals surface area contributed by atoms with Crippen LogP contribution in [0.5, 0.6) is 23.0 Å². The second kappa shape index (κ2) is 9.69. The SMILES string of the molecule is COc1ccc(OC)c2c(OC)c(C(=O)OCC=Cc3ccccc3)cc(OC)c12. The molecule has 6 nitrogen and oxygen atoms in total.